The van der Waals surface area contributed by atoms with Crippen molar-refractivity contribution in [3.05, 3.63) is 88.6 Å². The van der Waals surface area contributed by atoms with Crippen LogP contribution in [0.25, 0.3) is 10.7 Å². The fourth-order valence-electron chi connectivity index (χ4n) is 4.50. The molecule has 2 amide bonds. The predicted octanol–water partition coefficient (Wildman–Crippen LogP) is 3.91. The summed E-state index contributed by atoms with van der Waals surface area (Å²) < 4.78 is 20.4. The van der Waals surface area contributed by atoms with Crippen LogP contribution in [0.4, 0.5) is 4.39 Å². The van der Waals surface area contributed by atoms with Crippen LogP contribution in [0.3, 0.4) is 0 Å². The maximum atomic E-state index is 14.8. The Labute approximate surface area is 229 Å². The Hall–Kier alpha value is -3.96. The molecule has 11 heteroatoms. The van der Waals surface area contributed by atoms with E-state index in [9.17, 15) is 14.0 Å². The molecule has 2 aromatic heterocycles. The van der Waals surface area contributed by atoms with Gasteiger partial charge < -0.3 is 15.0 Å². The zero-order chi connectivity index (χ0) is 27.2. The van der Waals surface area contributed by atoms with Crippen molar-refractivity contribution < 1.29 is 18.7 Å². The van der Waals surface area contributed by atoms with Gasteiger partial charge in [0, 0.05) is 25.3 Å². The fourth-order valence-corrected chi connectivity index (χ4v) is 5.15. The first kappa shape index (κ1) is 26.6. The molecule has 5 rings (SSSR count). The second-order valence-electron chi connectivity index (χ2n) is 9.43. The van der Waals surface area contributed by atoms with Crippen LogP contribution in [0.2, 0.25) is 0 Å². The van der Waals surface area contributed by atoms with Gasteiger partial charge in [0.1, 0.15) is 18.4 Å². The Balaban J connectivity index is 1.46. The second kappa shape index (κ2) is 12.3. The van der Waals surface area contributed by atoms with Gasteiger partial charge in [-0.2, -0.15) is 4.80 Å². The van der Waals surface area contributed by atoms with Gasteiger partial charge in [-0.05, 0) is 48.1 Å². The van der Waals surface area contributed by atoms with E-state index in [-0.39, 0.29) is 25.1 Å². The molecule has 1 fully saturated rings. The van der Waals surface area contributed by atoms with Gasteiger partial charge in [-0.3, -0.25) is 9.59 Å². The smallest absolute Gasteiger partial charge is 0.247 e. The minimum atomic E-state index is -1.01. The Morgan fingerprint density at radius 2 is 2.00 bits per heavy atom. The lowest BCUT2D eigenvalue weighted by Gasteiger charge is -2.32. The largest absolute Gasteiger partial charge is 0.376 e. The number of hydrogen-bond acceptors (Lipinski definition) is 7. The summed E-state index contributed by atoms with van der Waals surface area (Å²) in [6.07, 6.45) is 1.73. The van der Waals surface area contributed by atoms with Crippen molar-refractivity contribution in [1.82, 2.24) is 30.4 Å². The lowest BCUT2D eigenvalue weighted by molar-refractivity contribution is -0.142. The summed E-state index contributed by atoms with van der Waals surface area (Å²) in [4.78, 5) is 31.0. The molecule has 1 aliphatic heterocycles. The third kappa shape index (κ3) is 6.55. The fraction of sp³-hybridized carbons (Fsp3) is 0.321. The van der Waals surface area contributed by atoms with Crippen LogP contribution in [0.15, 0.2) is 66.0 Å². The molecule has 0 saturated carbocycles. The normalized spacial score (nSPS) is 15.7. The maximum Gasteiger partial charge on any atom is 0.247 e. The monoisotopic (exact) mass is 548 g/mol. The summed E-state index contributed by atoms with van der Waals surface area (Å²) in [7, 11) is 0. The van der Waals surface area contributed by atoms with E-state index in [2.05, 4.69) is 20.7 Å². The number of rotatable bonds is 10. The van der Waals surface area contributed by atoms with Crippen molar-refractivity contribution >= 4 is 23.2 Å². The molecule has 1 saturated heterocycles. The van der Waals surface area contributed by atoms with Crippen molar-refractivity contribution in [1.29, 1.82) is 0 Å². The Kier molecular flexibility index (Phi) is 8.38. The van der Waals surface area contributed by atoms with E-state index >= 15 is 0 Å². The van der Waals surface area contributed by atoms with E-state index in [1.165, 1.54) is 27.1 Å². The molecule has 0 unspecified atom stereocenters. The predicted molar refractivity (Wildman–Crippen MR) is 144 cm³/mol. The molecule has 0 spiro atoms. The van der Waals surface area contributed by atoms with Crippen LogP contribution in [-0.2, 0) is 27.4 Å². The van der Waals surface area contributed by atoms with Gasteiger partial charge in [-0.15, -0.1) is 21.5 Å². The number of benzene rings is 2. The zero-order valence-electron chi connectivity index (χ0n) is 21.5. The lowest BCUT2D eigenvalue weighted by Crippen LogP contribution is -2.46. The highest BCUT2D eigenvalue weighted by atomic mass is 32.1. The summed E-state index contributed by atoms with van der Waals surface area (Å²) in [6, 6.07) is 16.4. The number of nitrogens with one attached hydrogen (secondary N) is 1. The molecule has 4 aromatic rings. The van der Waals surface area contributed by atoms with Crippen molar-refractivity contribution in [3.63, 3.8) is 0 Å². The van der Waals surface area contributed by atoms with Crippen LogP contribution in [0, 0.1) is 12.7 Å². The second-order valence-corrected chi connectivity index (χ2v) is 10.4. The van der Waals surface area contributed by atoms with Gasteiger partial charge in [0.05, 0.1) is 11.0 Å². The van der Waals surface area contributed by atoms with E-state index in [1.54, 1.807) is 18.2 Å². The van der Waals surface area contributed by atoms with E-state index in [1.807, 2.05) is 48.7 Å². The number of aryl methyl sites for hydroxylation is 1. The van der Waals surface area contributed by atoms with Crippen molar-refractivity contribution in [2.24, 2.45) is 0 Å². The standard InChI is InChI=1S/C28H29FN6O3S/c1-19-10-12-20(13-11-19)26(28(37)30-16-22-7-4-14-38-22)34(17-21-6-2-3-8-23(21)29)25(36)18-35-32-27(31-33-35)24-9-5-15-39-24/h2-3,5-6,8-13,15,22,26H,4,7,14,16-18H2,1H3,(H,30,37)/t22-,26-/m1/s1. The molecular weight excluding hydrogens is 519 g/mol. The van der Waals surface area contributed by atoms with Gasteiger partial charge in [-0.1, -0.05) is 54.1 Å². The topological polar surface area (TPSA) is 102 Å². The van der Waals surface area contributed by atoms with E-state index in [4.69, 9.17) is 4.74 Å². The number of amides is 2. The first-order chi connectivity index (χ1) is 19.0. The quantitative estimate of drug-likeness (QED) is 0.322. The molecule has 2 aromatic carbocycles. The van der Waals surface area contributed by atoms with E-state index in [0.29, 0.717) is 30.1 Å². The summed E-state index contributed by atoms with van der Waals surface area (Å²) >= 11 is 1.46. The Bertz CT molecular complexity index is 1400. The van der Waals surface area contributed by atoms with Crippen LogP contribution in [0.1, 0.15) is 35.6 Å². The molecule has 0 radical (unpaired) electrons. The number of carbonyl (C=O) groups is 2. The highest BCUT2D eigenvalue weighted by molar-refractivity contribution is 7.13. The van der Waals surface area contributed by atoms with Crippen LogP contribution in [0.5, 0.6) is 0 Å². The molecule has 0 aliphatic carbocycles. The zero-order valence-corrected chi connectivity index (χ0v) is 22.3. The first-order valence-electron chi connectivity index (χ1n) is 12.8. The van der Waals surface area contributed by atoms with Crippen LogP contribution < -0.4 is 5.32 Å². The molecule has 39 heavy (non-hydrogen) atoms. The first-order valence-corrected chi connectivity index (χ1v) is 13.7. The SMILES string of the molecule is Cc1ccc([C@H](C(=O)NC[C@H]2CCCO2)N(Cc2ccccc2F)C(=O)Cn2nnc(-c3cccs3)n2)cc1. The van der Waals surface area contributed by atoms with Gasteiger partial charge in [0.15, 0.2) is 0 Å². The molecule has 0 bridgehead atoms. The number of aromatic nitrogens is 4. The number of tetrazole rings is 1. The molecular formula is C28H29FN6O3S. The number of ether oxygens (including phenoxy) is 1. The average Bonchev–Trinajstić information content (AvgIpc) is 3.72. The van der Waals surface area contributed by atoms with Crippen molar-refractivity contribution in [2.75, 3.05) is 13.2 Å². The number of hydrogen-bond donors (Lipinski definition) is 1. The third-order valence-electron chi connectivity index (χ3n) is 6.57. The summed E-state index contributed by atoms with van der Waals surface area (Å²) in [5.74, 6) is -0.879. The van der Waals surface area contributed by atoms with Crippen LogP contribution in [-0.4, -0.2) is 56.2 Å². The molecule has 9 nitrogen and oxygen atoms in total. The highest BCUT2D eigenvalue weighted by Gasteiger charge is 2.33. The Morgan fingerprint density at radius 3 is 2.72 bits per heavy atom. The third-order valence-corrected chi connectivity index (χ3v) is 7.44. The molecule has 1 aliphatic rings. The van der Waals surface area contributed by atoms with Crippen molar-refractivity contribution in [3.8, 4) is 10.7 Å². The number of carbonyl (C=O) groups excluding carboxylic acids is 2. The number of halogens is 1. The minimum Gasteiger partial charge on any atom is -0.376 e. The maximum absolute atomic E-state index is 14.8. The minimum absolute atomic E-state index is 0.0710. The molecule has 1 N–H and O–H groups in total. The molecule has 2 atom stereocenters. The average molecular weight is 549 g/mol. The Morgan fingerprint density at radius 1 is 1.18 bits per heavy atom. The lowest BCUT2D eigenvalue weighted by atomic mass is 10.0. The number of thiophene rings is 1. The van der Waals surface area contributed by atoms with E-state index in [0.717, 1.165) is 23.3 Å². The van der Waals surface area contributed by atoms with Gasteiger partial charge in [0.25, 0.3) is 0 Å². The number of nitrogens with zero attached hydrogens (tertiary/aromatic N) is 5. The molecule has 3 heterocycles. The highest BCUT2D eigenvalue weighted by Crippen LogP contribution is 2.26. The molecule has 202 valence electrons. The van der Waals surface area contributed by atoms with E-state index < -0.39 is 17.8 Å². The van der Waals surface area contributed by atoms with Gasteiger partial charge in [-0.25, -0.2) is 4.39 Å². The van der Waals surface area contributed by atoms with Gasteiger partial charge in [0.2, 0.25) is 17.6 Å². The van der Waals surface area contributed by atoms with Crippen molar-refractivity contribution in [2.45, 2.75) is 45.0 Å². The summed E-state index contributed by atoms with van der Waals surface area (Å²) in [6.45, 7) is 2.55. The summed E-state index contributed by atoms with van der Waals surface area (Å²) in [5.41, 5.74) is 1.92. The van der Waals surface area contributed by atoms with Crippen LogP contribution >= 0.6 is 11.3 Å². The summed E-state index contributed by atoms with van der Waals surface area (Å²) in [5, 5.41) is 17.3. The van der Waals surface area contributed by atoms with Gasteiger partial charge >= 0.3 is 0 Å².